The van der Waals surface area contributed by atoms with Crippen molar-refractivity contribution in [2.45, 2.75) is 18.9 Å². The van der Waals surface area contributed by atoms with E-state index in [1.165, 1.54) is 5.56 Å². The van der Waals surface area contributed by atoms with Gasteiger partial charge < -0.3 is 9.64 Å². The molecule has 0 atom stereocenters. The second-order valence-corrected chi connectivity index (χ2v) is 6.17. The number of hydrogen-bond acceptors (Lipinski definition) is 3. The maximum absolute atomic E-state index is 12.1. The van der Waals surface area contributed by atoms with Gasteiger partial charge in [-0.2, -0.15) is 0 Å². The van der Waals surface area contributed by atoms with E-state index in [9.17, 15) is 4.79 Å². The summed E-state index contributed by atoms with van der Waals surface area (Å²) in [4.78, 5) is 18.1. The van der Waals surface area contributed by atoms with Crippen molar-refractivity contribution in [2.24, 2.45) is 0 Å². The lowest BCUT2D eigenvalue weighted by atomic mass is 10.1. The number of likely N-dealkylation sites (tertiary alicyclic amines) is 1. The molecular formula is C17H17BrN2O2. The van der Waals surface area contributed by atoms with Gasteiger partial charge in [-0.15, -0.1) is 0 Å². The number of pyridine rings is 1. The number of nitrogens with zero attached hydrogens (tertiary/aromatic N) is 2. The van der Waals surface area contributed by atoms with E-state index in [2.05, 4.69) is 20.9 Å². The number of halogens is 1. The summed E-state index contributed by atoms with van der Waals surface area (Å²) in [5.41, 5.74) is 1.20. The Morgan fingerprint density at radius 3 is 2.73 bits per heavy atom. The topological polar surface area (TPSA) is 42.4 Å². The van der Waals surface area contributed by atoms with Crippen molar-refractivity contribution in [1.29, 1.82) is 0 Å². The maximum Gasteiger partial charge on any atom is 0.228 e. The Kier molecular flexibility index (Phi) is 4.73. The first-order valence-corrected chi connectivity index (χ1v) is 8.10. The molecule has 0 spiro atoms. The Bertz CT molecular complexity index is 642. The Morgan fingerprint density at radius 1 is 1.23 bits per heavy atom. The van der Waals surface area contributed by atoms with E-state index in [4.69, 9.17) is 4.74 Å². The van der Waals surface area contributed by atoms with Crippen molar-refractivity contribution in [3.05, 3.63) is 58.7 Å². The molecule has 1 aliphatic heterocycles. The van der Waals surface area contributed by atoms with Crippen LogP contribution in [0.25, 0.3) is 0 Å². The van der Waals surface area contributed by atoms with Gasteiger partial charge in [0, 0.05) is 12.6 Å². The number of rotatable bonds is 5. The van der Waals surface area contributed by atoms with Crippen LogP contribution in [0.5, 0.6) is 5.88 Å². The summed E-state index contributed by atoms with van der Waals surface area (Å²) in [7, 11) is 0. The molecule has 1 amide bonds. The summed E-state index contributed by atoms with van der Waals surface area (Å²) in [6, 6.07) is 13.8. The Morgan fingerprint density at radius 2 is 2.00 bits per heavy atom. The van der Waals surface area contributed by atoms with Crippen molar-refractivity contribution >= 4 is 21.8 Å². The first-order valence-electron chi connectivity index (χ1n) is 7.31. The van der Waals surface area contributed by atoms with E-state index >= 15 is 0 Å². The standard InChI is InChI=1S/C17H17BrN2O2/c18-15-7-4-10-19-17(15)22-14-11-20(12-14)16(21)9-8-13-5-2-1-3-6-13/h1-7,10,14H,8-9,11-12H2. The molecule has 0 saturated carbocycles. The zero-order valence-electron chi connectivity index (χ0n) is 12.1. The van der Waals surface area contributed by atoms with Crippen molar-refractivity contribution in [3.8, 4) is 5.88 Å². The van der Waals surface area contributed by atoms with Crippen LogP contribution in [0.1, 0.15) is 12.0 Å². The molecule has 3 rings (SSSR count). The molecule has 1 aliphatic rings. The lowest BCUT2D eigenvalue weighted by Crippen LogP contribution is -2.56. The molecule has 1 saturated heterocycles. The highest BCUT2D eigenvalue weighted by atomic mass is 79.9. The molecule has 0 unspecified atom stereocenters. The summed E-state index contributed by atoms with van der Waals surface area (Å²) in [5.74, 6) is 0.771. The van der Waals surface area contributed by atoms with Gasteiger partial charge >= 0.3 is 0 Å². The van der Waals surface area contributed by atoms with E-state index < -0.39 is 0 Å². The van der Waals surface area contributed by atoms with Crippen LogP contribution >= 0.6 is 15.9 Å². The second-order valence-electron chi connectivity index (χ2n) is 5.31. The molecule has 114 valence electrons. The van der Waals surface area contributed by atoms with Crippen molar-refractivity contribution in [1.82, 2.24) is 9.88 Å². The average Bonchev–Trinajstić information content (AvgIpc) is 2.51. The SMILES string of the molecule is O=C(CCc1ccccc1)N1CC(Oc2ncccc2Br)C1. The van der Waals surface area contributed by atoms with Crippen molar-refractivity contribution in [2.75, 3.05) is 13.1 Å². The number of ether oxygens (including phenoxy) is 1. The third-order valence-electron chi connectivity index (χ3n) is 3.67. The van der Waals surface area contributed by atoms with Crippen LogP contribution in [-0.4, -0.2) is 35.0 Å². The van der Waals surface area contributed by atoms with E-state index in [1.54, 1.807) is 6.20 Å². The molecule has 0 N–H and O–H groups in total. The molecule has 22 heavy (non-hydrogen) atoms. The van der Waals surface area contributed by atoms with Crippen LogP contribution < -0.4 is 4.74 Å². The van der Waals surface area contributed by atoms with Crippen LogP contribution in [0.3, 0.4) is 0 Å². The third kappa shape index (κ3) is 3.65. The summed E-state index contributed by atoms with van der Waals surface area (Å²) < 4.78 is 6.61. The lowest BCUT2D eigenvalue weighted by molar-refractivity contribution is -0.140. The predicted molar refractivity (Wildman–Crippen MR) is 87.7 cm³/mol. The van der Waals surface area contributed by atoms with Crippen molar-refractivity contribution < 1.29 is 9.53 Å². The fraction of sp³-hybridized carbons (Fsp3) is 0.294. The van der Waals surface area contributed by atoms with Gasteiger partial charge in [-0.3, -0.25) is 4.79 Å². The average molecular weight is 361 g/mol. The lowest BCUT2D eigenvalue weighted by Gasteiger charge is -2.38. The van der Waals surface area contributed by atoms with Crippen LogP contribution in [0.2, 0.25) is 0 Å². The number of aromatic nitrogens is 1. The fourth-order valence-electron chi connectivity index (χ4n) is 2.39. The number of aryl methyl sites for hydroxylation is 1. The highest BCUT2D eigenvalue weighted by Gasteiger charge is 2.32. The molecule has 0 radical (unpaired) electrons. The molecule has 1 fully saturated rings. The van der Waals surface area contributed by atoms with Gasteiger partial charge in [-0.1, -0.05) is 30.3 Å². The first-order chi connectivity index (χ1) is 10.7. The second kappa shape index (κ2) is 6.92. The maximum atomic E-state index is 12.1. The van der Waals surface area contributed by atoms with Crippen LogP contribution in [0, 0.1) is 0 Å². The van der Waals surface area contributed by atoms with Gasteiger partial charge in [-0.05, 0) is 40.0 Å². The largest absolute Gasteiger partial charge is 0.470 e. The molecule has 2 aromatic rings. The first kappa shape index (κ1) is 15.0. The van der Waals surface area contributed by atoms with Gasteiger partial charge in [0.1, 0.15) is 6.10 Å². The van der Waals surface area contributed by atoms with Gasteiger partial charge in [0.2, 0.25) is 11.8 Å². The van der Waals surface area contributed by atoms with Crippen LogP contribution in [-0.2, 0) is 11.2 Å². The number of benzene rings is 1. The van der Waals surface area contributed by atoms with Gasteiger partial charge in [0.05, 0.1) is 17.6 Å². The van der Waals surface area contributed by atoms with E-state index in [1.807, 2.05) is 47.4 Å². The van der Waals surface area contributed by atoms with Gasteiger partial charge in [-0.25, -0.2) is 4.98 Å². The van der Waals surface area contributed by atoms with E-state index in [0.29, 0.717) is 25.4 Å². The molecule has 0 bridgehead atoms. The molecule has 4 nitrogen and oxygen atoms in total. The molecule has 1 aromatic heterocycles. The molecule has 1 aromatic carbocycles. The minimum Gasteiger partial charge on any atom is -0.470 e. The zero-order valence-corrected chi connectivity index (χ0v) is 13.7. The summed E-state index contributed by atoms with van der Waals surface area (Å²) in [6.45, 7) is 1.27. The van der Waals surface area contributed by atoms with Crippen molar-refractivity contribution in [3.63, 3.8) is 0 Å². The quantitative estimate of drug-likeness (QED) is 0.822. The third-order valence-corrected chi connectivity index (χ3v) is 4.28. The monoisotopic (exact) mass is 360 g/mol. The molecule has 5 heteroatoms. The highest BCUT2D eigenvalue weighted by Crippen LogP contribution is 2.24. The summed E-state index contributed by atoms with van der Waals surface area (Å²) >= 11 is 3.40. The number of carbonyl (C=O) groups excluding carboxylic acids is 1. The minimum atomic E-state index is 0.0341. The van der Waals surface area contributed by atoms with E-state index in [-0.39, 0.29) is 12.0 Å². The molecule has 2 heterocycles. The molecular weight excluding hydrogens is 344 g/mol. The fourth-order valence-corrected chi connectivity index (χ4v) is 2.73. The summed E-state index contributed by atoms with van der Waals surface area (Å²) in [5, 5.41) is 0. The van der Waals surface area contributed by atoms with E-state index in [0.717, 1.165) is 10.9 Å². The number of carbonyl (C=O) groups is 1. The Balaban J connectivity index is 1.43. The predicted octanol–water partition coefficient (Wildman–Crippen LogP) is 3.07. The smallest absolute Gasteiger partial charge is 0.228 e. The Hall–Kier alpha value is -1.88. The van der Waals surface area contributed by atoms with Gasteiger partial charge in [0.15, 0.2) is 0 Å². The van der Waals surface area contributed by atoms with Crippen LogP contribution in [0.15, 0.2) is 53.1 Å². The normalized spacial score (nSPS) is 14.5. The zero-order chi connectivity index (χ0) is 15.4. The summed E-state index contributed by atoms with van der Waals surface area (Å²) in [6.07, 6.45) is 3.06. The Labute approximate surface area is 138 Å². The number of amides is 1. The highest BCUT2D eigenvalue weighted by molar-refractivity contribution is 9.10. The minimum absolute atomic E-state index is 0.0341. The number of hydrogen-bond donors (Lipinski definition) is 0. The van der Waals surface area contributed by atoms with Gasteiger partial charge in [0.25, 0.3) is 0 Å². The van der Waals surface area contributed by atoms with Crippen LogP contribution in [0.4, 0.5) is 0 Å². The molecule has 0 aliphatic carbocycles.